The number of anilines is 1. The molecule has 0 saturated carbocycles. The molecule has 0 fully saturated rings. The summed E-state index contributed by atoms with van der Waals surface area (Å²) >= 11 is 12.6. The Morgan fingerprint density at radius 3 is 2.41 bits per heavy atom. The minimum absolute atomic E-state index is 0.00890. The molecule has 1 aromatic heterocycles. The van der Waals surface area contributed by atoms with E-state index in [1.807, 2.05) is 0 Å². The Hall–Kier alpha value is -3.68. The lowest BCUT2D eigenvalue weighted by molar-refractivity contribution is 0.131. The van der Waals surface area contributed by atoms with Gasteiger partial charge in [0.15, 0.2) is 0 Å². The van der Waals surface area contributed by atoms with Gasteiger partial charge in [0, 0.05) is 40.7 Å². The molecule has 9 heteroatoms. The minimum atomic E-state index is -0.852. The first-order chi connectivity index (χ1) is 16.3. The smallest absolute Gasteiger partial charge is 0.255 e. The zero-order valence-electron chi connectivity index (χ0n) is 17.5. The monoisotopic (exact) mass is 499 g/mol. The molecule has 0 amide bonds. The first kappa shape index (κ1) is 23.5. The van der Waals surface area contributed by atoms with E-state index < -0.39 is 17.2 Å². The van der Waals surface area contributed by atoms with Crippen LogP contribution in [0, 0.1) is 11.6 Å². The predicted molar refractivity (Wildman–Crippen MR) is 130 cm³/mol. The Balaban J connectivity index is 1.82. The van der Waals surface area contributed by atoms with Gasteiger partial charge < -0.3 is 10.6 Å². The minimum Gasteiger partial charge on any atom is -0.398 e. The largest absolute Gasteiger partial charge is 0.398 e. The van der Waals surface area contributed by atoms with Gasteiger partial charge in [0.05, 0.1) is 15.7 Å². The standard InChI is InChI=1S/C25H17Cl2F2N3O2/c26-19-5-3-6-20(27)25(19)32-13-15(8-11-23(32)33)24(18-10-9-17(28)12-21(18)29)31-34-14-16-4-1-2-7-22(16)30/h1-13H,14,30H2. The molecule has 34 heavy (non-hydrogen) atoms. The van der Waals surface area contributed by atoms with E-state index in [2.05, 4.69) is 5.16 Å². The van der Waals surface area contributed by atoms with Crippen molar-refractivity contribution < 1.29 is 13.6 Å². The summed E-state index contributed by atoms with van der Waals surface area (Å²) in [4.78, 5) is 18.1. The van der Waals surface area contributed by atoms with Crippen LogP contribution in [-0.4, -0.2) is 10.3 Å². The number of halogens is 4. The SMILES string of the molecule is Nc1ccccc1CON=C(c1ccc(=O)n(-c2c(Cl)cccc2Cl)c1)c1ccc(F)cc1F. The first-order valence-electron chi connectivity index (χ1n) is 10.0. The lowest BCUT2D eigenvalue weighted by atomic mass is 10.0. The Morgan fingerprint density at radius 1 is 0.971 bits per heavy atom. The van der Waals surface area contributed by atoms with E-state index in [1.54, 1.807) is 42.5 Å². The van der Waals surface area contributed by atoms with Crippen molar-refractivity contribution in [3.05, 3.63) is 128 Å². The van der Waals surface area contributed by atoms with Crippen LogP contribution in [0.1, 0.15) is 16.7 Å². The van der Waals surface area contributed by atoms with Gasteiger partial charge in [0.25, 0.3) is 5.56 Å². The fourth-order valence-electron chi connectivity index (χ4n) is 3.29. The number of hydrogen-bond donors (Lipinski definition) is 1. The Labute approximate surface area is 203 Å². The molecule has 0 spiro atoms. The van der Waals surface area contributed by atoms with Crippen LogP contribution in [0.25, 0.3) is 5.69 Å². The summed E-state index contributed by atoms with van der Waals surface area (Å²) in [7, 11) is 0. The average Bonchev–Trinajstić information content (AvgIpc) is 2.80. The van der Waals surface area contributed by atoms with Gasteiger partial charge in [-0.2, -0.15) is 0 Å². The van der Waals surface area contributed by atoms with Crippen LogP contribution in [-0.2, 0) is 11.4 Å². The van der Waals surface area contributed by atoms with Crippen LogP contribution >= 0.6 is 23.2 Å². The van der Waals surface area contributed by atoms with E-state index in [9.17, 15) is 13.6 Å². The summed E-state index contributed by atoms with van der Waals surface area (Å²) in [5.74, 6) is -1.60. The number of para-hydroxylation sites is 2. The zero-order valence-corrected chi connectivity index (χ0v) is 19.0. The molecule has 0 bridgehead atoms. The quantitative estimate of drug-likeness (QED) is 0.201. The first-order valence-corrected chi connectivity index (χ1v) is 10.8. The Morgan fingerprint density at radius 2 is 1.71 bits per heavy atom. The maximum atomic E-state index is 14.7. The molecule has 2 N–H and O–H groups in total. The van der Waals surface area contributed by atoms with E-state index in [1.165, 1.54) is 29.0 Å². The third kappa shape index (κ3) is 4.95. The van der Waals surface area contributed by atoms with Crippen LogP contribution in [0.2, 0.25) is 10.0 Å². The number of nitrogens with zero attached hydrogens (tertiary/aromatic N) is 2. The van der Waals surface area contributed by atoms with Crippen molar-refractivity contribution in [1.29, 1.82) is 0 Å². The highest BCUT2D eigenvalue weighted by Crippen LogP contribution is 2.28. The number of oxime groups is 1. The molecule has 4 rings (SSSR count). The summed E-state index contributed by atoms with van der Waals surface area (Å²) in [6.07, 6.45) is 1.41. The van der Waals surface area contributed by atoms with Gasteiger partial charge >= 0.3 is 0 Å². The molecular weight excluding hydrogens is 483 g/mol. The van der Waals surface area contributed by atoms with Crippen LogP contribution < -0.4 is 11.3 Å². The number of aromatic nitrogens is 1. The average molecular weight is 500 g/mol. The van der Waals surface area contributed by atoms with Crippen LogP contribution in [0.4, 0.5) is 14.5 Å². The summed E-state index contributed by atoms with van der Waals surface area (Å²) in [5.41, 5.74) is 7.27. The van der Waals surface area contributed by atoms with Gasteiger partial charge in [0.1, 0.15) is 24.0 Å². The van der Waals surface area contributed by atoms with Crippen LogP contribution in [0.15, 0.2) is 88.9 Å². The van der Waals surface area contributed by atoms with E-state index in [-0.39, 0.29) is 33.6 Å². The molecule has 5 nitrogen and oxygen atoms in total. The number of nitrogen functional groups attached to an aromatic ring is 1. The molecule has 172 valence electrons. The number of benzene rings is 3. The van der Waals surface area contributed by atoms with E-state index >= 15 is 0 Å². The second-order valence-electron chi connectivity index (χ2n) is 7.23. The second kappa shape index (κ2) is 10.1. The summed E-state index contributed by atoms with van der Waals surface area (Å²) in [6, 6.07) is 17.7. The summed E-state index contributed by atoms with van der Waals surface area (Å²) < 4.78 is 29.5. The van der Waals surface area contributed by atoms with Gasteiger partial charge in [-0.05, 0) is 36.4 Å². The van der Waals surface area contributed by atoms with Crippen molar-refractivity contribution in [2.45, 2.75) is 6.61 Å². The third-order valence-electron chi connectivity index (χ3n) is 4.98. The van der Waals surface area contributed by atoms with E-state index in [0.29, 0.717) is 16.8 Å². The van der Waals surface area contributed by atoms with E-state index in [4.69, 9.17) is 33.8 Å². The highest BCUT2D eigenvalue weighted by molar-refractivity contribution is 6.37. The van der Waals surface area contributed by atoms with Crippen molar-refractivity contribution in [1.82, 2.24) is 4.57 Å². The molecule has 0 aliphatic rings. The van der Waals surface area contributed by atoms with Gasteiger partial charge in [-0.1, -0.05) is 52.6 Å². The van der Waals surface area contributed by atoms with E-state index in [0.717, 1.165) is 12.1 Å². The lowest BCUT2D eigenvalue weighted by Gasteiger charge is -2.14. The Kier molecular flexibility index (Phi) is 6.95. The van der Waals surface area contributed by atoms with Crippen molar-refractivity contribution in [3.8, 4) is 5.69 Å². The molecule has 1 heterocycles. The second-order valence-corrected chi connectivity index (χ2v) is 8.05. The molecule has 0 saturated heterocycles. The zero-order chi connectivity index (χ0) is 24.2. The Bertz CT molecular complexity index is 1430. The fraction of sp³-hybridized carbons (Fsp3) is 0.0400. The number of hydrogen-bond acceptors (Lipinski definition) is 4. The summed E-state index contributed by atoms with van der Waals surface area (Å²) in [6.45, 7) is 0.00890. The van der Waals surface area contributed by atoms with Gasteiger partial charge in [-0.3, -0.25) is 9.36 Å². The maximum absolute atomic E-state index is 14.7. The molecular formula is C25H17Cl2F2N3O2. The summed E-state index contributed by atoms with van der Waals surface area (Å²) in [5, 5.41) is 4.61. The molecule has 0 atom stereocenters. The molecule has 0 aliphatic carbocycles. The lowest BCUT2D eigenvalue weighted by Crippen LogP contribution is -2.20. The van der Waals surface area contributed by atoms with Crippen molar-refractivity contribution >= 4 is 34.6 Å². The molecule has 0 radical (unpaired) electrons. The number of rotatable bonds is 6. The topological polar surface area (TPSA) is 69.6 Å². The molecule has 0 unspecified atom stereocenters. The molecule has 0 aliphatic heterocycles. The number of nitrogens with two attached hydrogens (primary N) is 1. The van der Waals surface area contributed by atoms with Gasteiger partial charge in [-0.15, -0.1) is 0 Å². The fourth-order valence-corrected chi connectivity index (χ4v) is 3.87. The van der Waals surface area contributed by atoms with Crippen molar-refractivity contribution in [2.24, 2.45) is 5.16 Å². The van der Waals surface area contributed by atoms with Gasteiger partial charge in [-0.25, -0.2) is 8.78 Å². The highest BCUT2D eigenvalue weighted by Gasteiger charge is 2.17. The molecule has 3 aromatic carbocycles. The predicted octanol–water partition coefficient (Wildman–Crippen LogP) is 5.97. The number of pyridine rings is 1. The van der Waals surface area contributed by atoms with Crippen molar-refractivity contribution in [2.75, 3.05) is 5.73 Å². The van der Waals surface area contributed by atoms with Crippen molar-refractivity contribution in [3.63, 3.8) is 0 Å². The van der Waals surface area contributed by atoms with Gasteiger partial charge in [0.2, 0.25) is 0 Å². The van der Waals surface area contributed by atoms with Crippen LogP contribution in [0.3, 0.4) is 0 Å². The molecule has 4 aromatic rings. The maximum Gasteiger partial charge on any atom is 0.255 e. The third-order valence-corrected chi connectivity index (χ3v) is 5.59. The highest BCUT2D eigenvalue weighted by atomic mass is 35.5. The normalized spacial score (nSPS) is 11.5. The van der Waals surface area contributed by atoms with Crippen LogP contribution in [0.5, 0.6) is 0 Å².